The zero-order valence-corrected chi connectivity index (χ0v) is 12.5. The Labute approximate surface area is 115 Å². The van der Waals surface area contributed by atoms with Gasteiger partial charge in [-0.1, -0.05) is 13.8 Å². The van der Waals surface area contributed by atoms with Gasteiger partial charge in [0, 0.05) is 11.6 Å². The van der Waals surface area contributed by atoms with Gasteiger partial charge < -0.3 is 0 Å². The Balaban J connectivity index is 2.73. The molecular weight excluding hydrogens is 241 g/mol. The number of halogens is 1. The van der Waals surface area contributed by atoms with E-state index in [1.54, 1.807) is 12.1 Å². The Bertz CT molecular complexity index is 413. The fourth-order valence-corrected chi connectivity index (χ4v) is 2.27. The van der Waals surface area contributed by atoms with Gasteiger partial charge in [0.25, 0.3) is 0 Å². The summed E-state index contributed by atoms with van der Waals surface area (Å²) >= 11 is 0. The lowest BCUT2D eigenvalue weighted by atomic mass is 9.99. The zero-order chi connectivity index (χ0) is 14.6. The summed E-state index contributed by atoms with van der Waals surface area (Å²) < 4.78 is 12.9. The lowest BCUT2D eigenvalue weighted by Crippen LogP contribution is -2.42. The first-order valence-electron chi connectivity index (χ1n) is 6.84. The number of hydrogen-bond acceptors (Lipinski definition) is 2. The number of ketones is 1. The molecule has 0 aromatic heterocycles. The smallest absolute Gasteiger partial charge is 0.179 e. The molecule has 3 heteroatoms. The van der Waals surface area contributed by atoms with Crippen LogP contribution in [0.15, 0.2) is 24.3 Å². The molecular formula is C16H24FNO. The maximum atomic E-state index is 12.9. The average molecular weight is 265 g/mol. The van der Waals surface area contributed by atoms with Crippen LogP contribution in [0.4, 0.5) is 4.39 Å². The molecule has 1 aromatic carbocycles. The molecule has 2 atom stereocenters. The van der Waals surface area contributed by atoms with Crippen LogP contribution < -0.4 is 0 Å². The minimum Gasteiger partial charge on any atom is -0.294 e. The highest BCUT2D eigenvalue weighted by atomic mass is 19.1. The third-order valence-electron chi connectivity index (χ3n) is 3.63. The Kier molecular flexibility index (Phi) is 5.67. The van der Waals surface area contributed by atoms with Crippen LogP contribution in [0.2, 0.25) is 0 Å². The monoisotopic (exact) mass is 265 g/mol. The predicted molar refractivity (Wildman–Crippen MR) is 76.9 cm³/mol. The Morgan fingerprint density at radius 2 is 1.68 bits per heavy atom. The maximum Gasteiger partial charge on any atom is 0.179 e. The van der Waals surface area contributed by atoms with Crippen molar-refractivity contribution in [2.45, 2.75) is 46.2 Å². The van der Waals surface area contributed by atoms with Gasteiger partial charge in [0.15, 0.2) is 5.78 Å². The molecule has 106 valence electrons. The second-order valence-corrected chi connectivity index (χ2v) is 5.69. The zero-order valence-electron chi connectivity index (χ0n) is 12.5. The molecule has 0 heterocycles. The van der Waals surface area contributed by atoms with E-state index in [0.717, 1.165) is 6.42 Å². The quantitative estimate of drug-likeness (QED) is 0.730. The topological polar surface area (TPSA) is 20.3 Å². The molecule has 0 bridgehead atoms. The van der Waals surface area contributed by atoms with Gasteiger partial charge in [0.1, 0.15) is 5.82 Å². The molecule has 0 amide bonds. The lowest BCUT2D eigenvalue weighted by Gasteiger charge is -2.31. The van der Waals surface area contributed by atoms with E-state index in [0.29, 0.717) is 17.5 Å². The average Bonchev–Trinajstić information content (AvgIpc) is 2.36. The summed E-state index contributed by atoms with van der Waals surface area (Å²) in [4.78, 5) is 14.4. The number of likely N-dealkylation sites (N-methyl/N-ethyl adjacent to an activating group) is 1. The first kappa shape index (κ1) is 15.8. The largest absolute Gasteiger partial charge is 0.294 e. The van der Waals surface area contributed by atoms with Gasteiger partial charge in [-0.2, -0.15) is 0 Å². The lowest BCUT2D eigenvalue weighted by molar-refractivity contribution is 0.0811. The van der Waals surface area contributed by atoms with E-state index in [1.165, 1.54) is 12.1 Å². The van der Waals surface area contributed by atoms with Crippen LogP contribution in [-0.4, -0.2) is 29.8 Å². The van der Waals surface area contributed by atoms with Crippen molar-refractivity contribution >= 4 is 5.78 Å². The van der Waals surface area contributed by atoms with Gasteiger partial charge in [0.05, 0.1) is 6.04 Å². The number of hydrogen-bond donors (Lipinski definition) is 0. The maximum absolute atomic E-state index is 12.9. The van der Waals surface area contributed by atoms with E-state index in [4.69, 9.17) is 0 Å². The Morgan fingerprint density at radius 1 is 1.16 bits per heavy atom. The van der Waals surface area contributed by atoms with Crippen LogP contribution in [0.3, 0.4) is 0 Å². The van der Waals surface area contributed by atoms with Crippen LogP contribution >= 0.6 is 0 Å². The summed E-state index contributed by atoms with van der Waals surface area (Å²) in [6, 6.07) is 5.91. The molecule has 1 aromatic rings. The van der Waals surface area contributed by atoms with Crippen LogP contribution in [0.1, 0.15) is 44.5 Å². The van der Waals surface area contributed by atoms with Crippen molar-refractivity contribution in [3.8, 4) is 0 Å². The summed E-state index contributed by atoms with van der Waals surface area (Å²) in [6.07, 6.45) is 1.05. The summed E-state index contributed by atoms with van der Waals surface area (Å²) in [6.45, 7) is 8.39. The third kappa shape index (κ3) is 4.43. The summed E-state index contributed by atoms with van der Waals surface area (Å²) in [7, 11) is 1.97. The van der Waals surface area contributed by atoms with Crippen molar-refractivity contribution in [3.63, 3.8) is 0 Å². The van der Waals surface area contributed by atoms with E-state index < -0.39 is 0 Å². The minimum atomic E-state index is -0.314. The highest BCUT2D eigenvalue weighted by Gasteiger charge is 2.23. The highest BCUT2D eigenvalue weighted by Crippen LogP contribution is 2.15. The van der Waals surface area contributed by atoms with Gasteiger partial charge in [-0.25, -0.2) is 4.39 Å². The molecule has 2 unspecified atom stereocenters. The van der Waals surface area contributed by atoms with Crippen LogP contribution in [-0.2, 0) is 0 Å². The fourth-order valence-electron chi connectivity index (χ4n) is 2.27. The van der Waals surface area contributed by atoms with E-state index in [2.05, 4.69) is 25.7 Å². The predicted octanol–water partition coefficient (Wildman–Crippen LogP) is 3.76. The molecule has 0 aliphatic carbocycles. The number of Topliss-reactive ketones (excluding diaryl/α,β-unsaturated/α-hetero) is 1. The molecule has 2 nitrogen and oxygen atoms in total. The van der Waals surface area contributed by atoms with E-state index >= 15 is 0 Å². The minimum absolute atomic E-state index is 0.0399. The molecule has 0 aliphatic rings. The van der Waals surface area contributed by atoms with Gasteiger partial charge in [0.2, 0.25) is 0 Å². The van der Waals surface area contributed by atoms with Crippen molar-refractivity contribution in [3.05, 3.63) is 35.6 Å². The van der Waals surface area contributed by atoms with Gasteiger partial charge in [-0.3, -0.25) is 9.69 Å². The fraction of sp³-hybridized carbons (Fsp3) is 0.562. The highest BCUT2D eigenvalue weighted by molar-refractivity contribution is 5.99. The molecule has 0 radical (unpaired) electrons. The van der Waals surface area contributed by atoms with Crippen LogP contribution in [0.25, 0.3) is 0 Å². The molecule has 0 fully saturated rings. The molecule has 0 N–H and O–H groups in total. The second-order valence-electron chi connectivity index (χ2n) is 5.69. The molecule has 19 heavy (non-hydrogen) atoms. The number of rotatable bonds is 6. The number of carbonyl (C=O) groups is 1. The first-order chi connectivity index (χ1) is 8.82. The molecule has 0 spiro atoms. The van der Waals surface area contributed by atoms with Crippen molar-refractivity contribution < 1.29 is 9.18 Å². The first-order valence-corrected chi connectivity index (χ1v) is 6.84. The standard InChI is InChI=1S/C16H24FNO/c1-11(2)10-12(3)18(5)13(4)16(19)14-6-8-15(17)9-7-14/h6-9,11-13H,10H2,1-5H3. The summed E-state index contributed by atoms with van der Waals surface area (Å²) in [5.74, 6) is 0.328. The van der Waals surface area contributed by atoms with Gasteiger partial charge in [-0.05, 0) is 57.5 Å². The number of benzene rings is 1. The van der Waals surface area contributed by atoms with E-state index in [9.17, 15) is 9.18 Å². The van der Waals surface area contributed by atoms with Gasteiger partial charge >= 0.3 is 0 Å². The molecule has 0 aliphatic heterocycles. The second kappa shape index (κ2) is 6.80. The molecule has 0 saturated heterocycles. The Morgan fingerprint density at radius 3 is 2.16 bits per heavy atom. The summed E-state index contributed by atoms with van der Waals surface area (Å²) in [5.41, 5.74) is 0.567. The molecule has 0 saturated carbocycles. The van der Waals surface area contributed by atoms with Crippen molar-refractivity contribution in [2.75, 3.05) is 7.05 Å². The van der Waals surface area contributed by atoms with Crippen molar-refractivity contribution in [1.29, 1.82) is 0 Å². The van der Waals surface area contributed by atoms with Gasteiger partial charge in [-0.15, -0.1) is 0 Å². The summed E-state index contributed by atoms with van der Waals surface area (Å²) in [5, 5.41) is 0. The van der Waals surface area contributed by atoms with Crippen LogP contribution in [0, 0.1) is 11.7 Å². The van der Waals surface area contributed by atoms with Crippen molar-refractivity contribution in [2.24, 2.45) is 5.92 Å². The third-order valence-corrected chi connectivity index (χ3v) is 3.63. The SMILES string of the molecule is CC(C)CC(C)N(C)C(C)C(=O)c1ccc(F)cc1. The van der Waals surface area contributed by atoms with E-state index in [-0.39, 0.29) is 17.6 Å². The number of carbonyl (C=O) groups excluding carboxylic acids is 1. The van der Waals surface area contributed by atoms with E-state index in [1.807, 2.05) is 14.0 Å². The van der Waals surface area contributed by atoms with Crippen molar-refractivity contribution in [1.82, 2.24) is 4.90 Å². The molecule has 1 rings (SSSR count). The normalized spacial score (nSPS) is 14.7. The Hall–Kier alpha value is -1.22. The number of nitrogens with zero attached hydrogens (tertiary/aromatic N) is 1. The van der Waals surface area contributed by atoms with Crippen LogP contribution in [0.5, 0.6) is 0 Å².